The molecule has 0 aliphatic heterocycles. The van der Waals surface area contributed by atoms with Gasteiger partial charge in [-0.1, -0.05) is 20.8 Å². The normalized spacial score (nSPS) is 14.3. The predicted molar refractivity (Wildman–Crippen MR) is 50.6 cm³/mol. The Hall–Kier alpha value is 0.690. The number of hydrogen-bond donors (Lipinski definition) is 1. The molecule has 0 saturated heterocycles. The minimum absolute atomic E-state index is 0.828. The molecule has 0 unspecified atom stereocenters. The van der Waals surface area contributed by atoms with E-state index in [-0.39, 0.29) is 0 Å². The maximum Gasteiger partial charge on any atom is 0.0169 e. The molecule has 0 aliphatic rings. The van der Waals surface area contributed by atoms with Crippen LogP contribution in [0.25, 0.3) is 0 Å². The van der Waals surface area contributed by atoms with E-state index in [1.165, 1.54) is 6.42 Å². The van der Waals surface area contributed by atoms with Crippen LogP contribution in [0.3, 0.4) is 0 Å². The van der Waals surface area contributed by atoms with Gasteiger partial charge in [-0.05, 0) is 18.3 Å². The average Bonchev–Trinajstić information content (AvgIpc) is 1.82. The molecule has 0 aromatic carbocycles. The predicted octanol–water partition coefficient (Wildman–Crippen LogP) is 2.61. The Balaban J connectivity index is 3.16. The van der Waals surface area contributed by atoms with Gasteiger partial charge >= 0.3 is 0 Å². The van der Waals surface area contributed by atoms with E-state index in [9.17, 15) is 0 Å². The number of nitrogens with one attached hydrogen (secondary N) is 1. The second kappa shape index (κ2) is 5.47. The summed E-state index contributed by atoms with van der Waals surface area (Å²) in [6.07, 6.45) is 1.29. The fourth-order valence-corrected chi connectivity index (χ4v) is 0.927. The van der Waals surface area contributed by atoms with Gasteiger partial charge in [0.05, 0.1) is 0 Å². The van der Waals surface area contributed by atoms with Gasteiger partial charge in [-0.15, -0.1) is 0 Å². The molecule has 1 atom stereocenters. The monoisotopic (exact) mass is 241 g/mol. The Kier molecular flexibility index (Phi) is 5.89. The highest BCUT2D eigenvalue weighted by Crippen LogP contribution is 2.12. The van der Waals surface area contributed by atoms with E-state index in [2.05, 4.69) is 47.2 Å². The molecule has 56 valence electrons. The molecule has 0 radical (unpaired) electrons. The van der Waals surface area contributed by atoms with Crippen LogP contribution in [-0.2, 0) is 0 Å². The second-order valence-electron chi connectivity index (χ2n) is 2.89. The SMILES string of the molecule is CC(C)[C@H](C)CCNI. The van der Waals surface area contributed by atoms with Crippen molar-refractivity contribution in [3.63, 3.8) is 0 Å². The van der Waals surface area contributed by atoms with Crippen LogP contribution in [-0.4, -0.2) is 6.54 Å². The minimum atomic E-state index is 0.828. The highest BCUT2D eigenvalue weighted by Gasteiger charge is 2.04. The zero-order valence-corrected chi connectivity index (χ0v) is 8.60. The summed E-state index contributed by atoms with van der Waals surface area (Å²) in [5.74, 6) is 1.68. The molecule has 2 heteroatoms. The summed E-state index contributed by atoms with van der Waals surface area (Å²) in [5, 5.41) is 0. The third-order valence-electron chi connectivity index (χ3n) is 1.83. The number of halogens is 1. The average molecular weight is 241 g/mol. The topological polar surface area (TPSA) is 12.0 Å². The van der Waals surface area contributed by atoms with E-state index in [1.54, 1.807) is 0 Å². The molecule has 1 nitrogen and oxygen atoms in total. The van der Waals surface area contributed by atoms with Crippen molar-refractivity contribution in [1.29, 1.82) is 0 Å². The lowest BCUT2D eigenvalue weighted by Gasteiger charge is -2.13. The molecule has 0 amide bonds. The van der Waals surface area contributed by atoms with Gasteiger partial charge in [0.2, 0.25) is 0 Å². The maximum atomic E-state index is 3.12. The van der Waals surface area contributed by atoms with E-state index in [0.717, 1.165) is 18.4 Å². The molecular weight excluding hydrogens is 225 g/mol. The van der Waals surface area contributed by atoms with Gasteiger partial charge in [0.1, 0.15) is 0 Å². The largest absolute Gasteiger partial charge is 0.261 e. The first-order valence-corrected chi connectivity index (χ1v) is 4.59. The van der Waals surface area contributed by atoms with Crippen molar-refractivity contribution < 1.29 is 0 Å². The molecule has 0 aromatic heterocycles. The highest BCUT2D eigenvalue weighted by atomic mass is 127. The summed E-state index contributed by atoms with van der Waals surface area (Å²) in [6, 6.07) is 0. The first kappa shape index (κ1) is 9.69. The van der Waals surface area contributed by atoms with Crippen molar-refractivity contribution in [3.8, 4) is 0 Å². The Morgan fingerprint density at radius 2 is 1.89 bits per heavy atom. The van der Waals surface area contributed by atoms with Crippen molar-refractivity contribution >= 4 is 22.9 Å². The van der Waals surface area contributed by atoms with E-state index in [4.69, 9.17) is 0 Å². The van der Waals surface area contributed by atoms with Crippen molar-refractivity contribution in [2.24, 2.45) is 11.8 Å². The molecule has 0 aliphatic carbocycles. The molecular formula is C7H16IN. The first-order valence-electron chi connectivity index (χ1n) is 3.52. The van der Waals surface area contributed by atoms with Crippen LogP contribution in [0.4, 0.5) is 0 Å². The van der Waals surface area contributed by atoms with Gasteiger partial charge in [-0.2, -0.15) is 0 Å². The fraction of sp³-hybridized carbons (Fsp3) is 1.00. The van der Waals surface area contributed by atoms with Crippen LogP contribution in [0.2, 0.25) is 0 Å². The number of hydrogen-bond acceptors (Lipinski definition) is 1. The van der Waals surface area contributed by atoms with E-state index in [0.29, 0.717) is 0 Å². The summed E-state index contributed by atoms with van der Waals surface area (Å²) < 4.78 is 3.12. The molecule has 0 saturated carbocycles. The zero-order valence-electron chi connectivity index (χ0n) is 6.45. The lowest BCUT2D eigenvalue weighted by atomic mass is 9.95. The highest BCUT2D eigenvalue weighted by molar-refractivity contribution is 14.1. The molecule has 9 heavy (non-hydrogen) atoms. The van der Waals surface area contributed by atoms with E-state index < -0.39 is 0 Å². The van der Waals surface area contributed by atoms with Crippen LogP contribution >= 0.6 is 22.9 Å². The van der Waals surface area contributed by atoms with Crippen LogP contribution in [0, 0.1) is 11.8 Å². The van der Waals surface area contributed by atoms with Crippen LogP contribution in [0.15, 0.2) is 0 Å². The maximum absolute atomic E-state index is 3.12. The Labute approximate surface area is 72.1 Å². The number of rotatable bonds is 4. The summed E-state index contributed by atoms with van der Waals surface area (Å²) in [6.45, 7) is 7.99. The van der Waals surface area contributed by atoms with E-state index >= 15 is 0 Å². The van der Waals surface area contributed by atoms with Crippen molar-refractivity contribution in [2.75, 3.05) is 6.54 Å². The third-order valence-corrected chi connectivity index (χ3v) is 2.37. The molecule has 0 aromatic rings. The fourth-order valence-electron chi connectivity index (χ4n) is 0.616. The summed E-state index contributed by atoms with van der Waals surface area (Å²) in [7, 11) is 0. The lowest BCUT2D eigenvalue weighted by Crippen LogP contribution is -2.10. The summed E-state index contributed by atoms with van der Waals surface area (Å²) in [4.78, 5) is 0. The van der Waals surface area contributed by atoms with Crippen LogP contribution < -0.4 is 3.53 Å². The Morgan fingerprint density at radius 3 is 2.22 bits per heavy atom. The molecule has 0 bridgehead atoms. The summed E-state index contributed by atoms with van der Waals surface area (Å²) >= 11 is 2.19. The minimum Gasteiger partial charge on any atom is -0.261 e. The smallest absolute Gasteiger partial charge is 0.0169 e. The van der Waals surface area contributed by atoms with Crippen LogP contribution in [0.1, 0.15) is 27.2 Å². The van der Waals surface area contributed by atoms with Gasteiger partial charge in [0.25, 0.3) is 0 Å². The Bertz CT molecular complexity index is 63.9. The zero-order chi connectivity index (χ0) is 7.28. The second-order valence-corrected chi connectivity index (χ2v) is 3.66. The lowest BCUT2D eigenvalue weighted by molar-refractivity contribution is 0.395. The van der Waals surface area contributed by atoms with Gasteiger partial charge in [0, 0.05) is 29.4 Å². The van der Waals surface area contributed by atoms with Crippen molar-refractivity contribution in [1.82, 2.24) is 3.53 Å². The van der Waals surface area contributed by atoms with Gasteiger partial charge in [-0.25, -0.2) is 0 Å². The molecule has 1 N–H and O–H groups in total. The molecule has 0 fully saturated rings. The summed E-state index contributed by atoms with van der Waals surface area (Å²) in [5.41, 5.74) is 0. The molecule has 0 heterocycles. The van der Waals surface area contributed by atoms with Gasteiger partial charge in [0.15, 0.2) is 0 Å². The first-order chi connectivity index (χ1) is 4.18. The van der Waals surface area contributed by atoms with Crippen LogP contribution in [0.5, 0.6) is 0 Å². The van der Waals surface area contributed by atoms with Crippen molar-refractivity contribution in [3.05, 3.63) is 0 Å². The van der Waals surface area contributed by atoms with Gasteiger partial charge in [-0.3, -0.25) is 3.53 Å². The quantitative estimate of drug-likeness (QED) is 0.589. The Morgan fingerprint density at radius 1 is 1.33 bits per heavy atom. The van der Waals surface area contributed by atoms with E-state index in [1.807, 2.05) is 0 Å². The third kappa shape index (κ3) is 5.15. The molecule has 0 rings (SSSR count). The van der Waals surface area contributed by atoms with Crippen molar-refractivity contribution in [2.45, 2.75) is 27.2 Å². The standard InChI is InChI=1S/C7H16IN/c1-6(2)7(3)4-5-9-8/h6-7,9H,4-5H2,1-3H3/t7-/m1/s1. The molecule has 0 spiro atoms. The van der Waals surface area contributed by atoms with Gasteiger partial charge < -0.3 is 0 Å².